The van der Waals surface area contributed by atoms with Gasteiger partial charge in [-0.1, -0.05) is 42.5 Å². The minimum absolute atomic E-state index is 0.00165. The van der Waals surface area contributed by atoms with E-state index in [0.29, 0.717) is 25.9 Å². The Morgan fingerprint density at radius 3 is 2.72 bits per heavy atom. The predicted octanol–water partition coefficient (Wildman–Crippen LogP) is 2.68. The van der Waals surface area contributed by atoms with Crippen molar-refractivity contribution < 1.29 is 22.1 Å². The largest absolute Gasteiger partial charge is 0.465 e. The maximum atomic E-state index is 12.5. The van der Waals surface area contributed by atoms with E-state index in [1.54, 1.807) is 0 Å². The molecule has 1 saturated carbocycles. The molecule has 1 aliphatic carbocycles. The molecule has 132 valence electrons. The lowest BCUT2D eigenvalue weighted by atomic mass is 9.75. The molecular formula is C19H20O5S. The Balaban J connectivity index is 1.64. The topological polar surface area (TPSA) is 69.7 Å². The van der Waals surface area contributed by atoms with Crippen molar-refractivity contribution in [3.63, 3.8) is 0 Å². The zero-order valence-corrected chi connectivity index (χ0v) is 14.8. The SMILES string of the molecule is CS(=O)(=O)OC1CC2COC(=O)C2(Cc2ccc3ccccc3c2)C1. The molecule has 0 spiro atoms. The smallest absolute Gasteiger partial charge is 0.312 e. The maximum absolute atomic E-state index is 12.5. The van der Waals surface area contributed by atoms with Crippen LogP contribution >= 0.6 is 0 Å². The summed E-state index contributed by atoms with van der Waals surface area (Å²) in [5.41, 5.74) is 0.375. The Morgan fingerprint density at radius 1 is 1.20 bits per heavy atom. The maximum Gasteiger partial charge on any atom is 0.312 e. The van der Waals surface area contributed by atoms with Gasteiger partial charge in [0.15, 0.2) is 0 Å². The van der Waals surface area contributed by atoms with E-state index >= 15 is 0 Å². The predicted molar refractivity (Wildman–Crippen MR) is 93.5 cm³/mol. The van der Waals surface area contributed by atoms with Gasteiger partial charge >= 0.3 is 5.97 Å². The molecule has 0 aromatic heterocycles. The van der Waals surface area contributed by atoms with Gasteiger partial charge in [-0.3, -0.25) is 8.98 Å². The number of rotatable bonds is 4. The van der Waals surface area contributed by atoms with Crippen LogP contribution in [-0.4, -0.2) is 33.4 Å². The highest BCUT2D eigenvalue weighted by atomic mass is 32.2. The Hall–Kier alpha value is -1.92. The summed E-state index contributed by atoms with van der Waals surface area (Å²) in [5.74, 6) is -0.233. The van der Waals surface area contributed by atoms with Gasteiger partial charge in [0.05, 0.1) is 24.4 Å². The van der Waals surface area contributed by atoms with Crippen LogP contribution in [0, 0.1) is 11.3 Å². The first-order chi connectivity index (χ1) is 11.9. The van der Waals surface area contributed by atoms with Gasteiger partial charge in [-0.15, -0.1) is 0 Å². The summed E-state index contributed by atoms with van der Waals surface area (Å²) in [5, 5.41) is 2.28. The van der Waals surface area contributed by atoms with Gasteiger partial charge in [-0.2, -0.15) is 8.42 Å². The third-order valence-corrected chi connectivity index (χ3v) is 6.01. The molecule has 1 aliphatic heterocycles. The minimum atomic E-state index is -3.54. The molecule has 0 bridgehead atoms. The van der Waals surface area contributed by atoms with Crippen LogP contribution in [0.15, 0.2) is 42.5 Å². The molecule has 2 aromatic rings. The summed E-state index contributed by atoms with van der Waals surface area (Å²) in [4.78, 5) is 12.5. The van der Waals surface area contributed by atoms with E-state index in [0.717, 1.165) is 22.6 Å². The Bertz CT molecular complexity index is 936. The number of esters is 1. The number of carbonyl (C=O) groups excluding carboxylic acids is 1. The molecule has 0 N–H and O–H groups in total. The molecular weight excluding hydrogens is 340 g/mol. The third-order valence-electron chi connectivity index (χ3n) is 5.39. The molecule has 1 saturated heterocycles. The molecule has 2 aromatic carbocycles. The summed E-state index contributed by atoms with van der Waals surface area (Å²) in [6.45, 7) is 0.343. The number of ether oxygens (including phenoxy) is 1. The van der Waals surface area contributed by atoms with E-state index in [1.807, 2.05) is 24.3 Å². The van der Waals surface area contributed by atoms with E-state index < -0.39 is 21.6 Å². The first-order valence-electron chi connectivity index (χ1n) is 8.39. The molecule has 5 nitrogen and oxygen atoms in total. The van der Waals surface area contributed by atoms with Gasteiger partial charge in [-0.05, 0) is 35.6 Å². The third kappa shape index (κ3) is 3.04. The van der Waals surface area contributed by atoms with E-state index in [1.165, 1.54) is 0 Å². The van der Waals surface area contributed by atoms with Crippen molar-refractivity contribution in [1.82, 2.24) is 0 Å². The van der Waals surface area contributed by atoms with Crippen LogP contribution in [0.4, 0.5) is 0 Å². The number of carbonyl (C=O) groups is 1. The van der Waals surface area contributed by atoms with Crippen LogP contribution in [-0.2, 0) is 30.3 Å². The van der Waals surface area contributed by atoms with E-state index in [-0.39, 0.29) is 11.9 Å². The van der Waals surface area contributed by atoms with Gasteiger partial charge < -0.3 is 4.74 Å². The lowest BCUT2D eigenvalue weighted by molar-refractivity contribution is -0.147. The first kappa shape index (κ1) is 16.5. The Labute approximate surface area is 147 Å². The standard InChI is InChI=1S/C19H20O5S/c1-25(21,22)24-17-9-16-12-23-18(20)19(16,11-17)10-13-6-7-14-4-2-3-5-15(14)8-13/h2-8,16-17H,9-12H2,1H3. The van der Waals surface area contributed by atoms with Gasteiger partial charge in [0, 0.05) is 5.92 Å². The molecule has 3 atom stereocenters. The summed E-state index contributed by atoms with van der Waals surface area (Å²) in [6.07, 6.45) is 2.07. The molecule has 25 heavy (non-hydrogen) atoms. The van der Waals surface area contributed by atoms with Gasteiger partial charge in [0.1, 0.15) is 0 Å². The second kappa shape index (κ2) is 5.81. The second-order valence-electron chi connectivity index (χ2n) is 7.17. The number of benzene rings is 2. The fourth-order valence-corrected chi connectivity index (χ4v) is 4.96. The Kier molecular flexibility index (Phi) is 3.85. The highest BCUT2D eigenvalue weighted by Crippen LogP contribution is 2.51. The van der Waals surface area contributed by atoms with E-state index in [2.05, 4.69) is 18.2 Å². The zero-order chi connectivity index (χ0) is 17.7. The highest BCUT2D eigenvalue weighted by molar-refractivity contribution is 7.86. The number of hydrogen-bond acceptors (Lipinski definition) is 5. The number of hydrogen-bond donors (Lipinski definition) is 0. The quantitative estimate of drug-likeness (QED) is 0.619. The van der Waals surface area contributed by atoms with Crippen molar-refractivity contribution >= 4 is 26.9 Å². The Morgan fingerprint density at radius 2 is 1.96 bits per heavy atom. The molecule has 0 amide bonds. The average molecular weight is 360 g/mol. The summed E-state index contributed by atoms with van der Waals surface area (Å²) >= 11 is 0. The van der Waals surface area contributed by atoms with Crippen LogP contribution in [0.25, 0.3) is 10.8 Å². The number of fused-ring (bicyclic) bond motifs is 2. The fourth-order valence-electron chi connectivity index (χ4n) is 4.32. The minimum Gasteiger partial charge on any atom is -0.465 e. The fraction of sp³-hybridized carbons (Fsp3) is 0.421. The van der Waals surface area contributed by atoms with Gasteiger partial charge in [0.25, 0.3) is 10.1 Å². The van der Waals surface area contributed by atoms with Crippen LogP contribution in [0.2, 0.25) is 0 Å². The summed E-state index contributed by atoms with van der Waals surface area (Å²) in [7, 11) is -3.54. The molecule has 0 radical (unpaired) electrons. The molecule has 3 unspecified atom stereocenters. The van der Waals surface area contributed by atoms with E-state index in [9.17, 15) is 13.2 Å². The first-order valence-corrected chi connectivity index (χ1v) is 10.2. The van der Waals surface area contributed by atoms with Crippen LogP contribution in [0.1, 0.15) is 18.4 Å². The van der Waals surface area contributed by atoms with Crippen LogP contribution in [0.3, 0.4) is 0 Å². The lowest BCUT2D eigenvalue weighted by Crippen LogP contribution is -2.32. The number of cyclic esters (lactones) is 1. The van der Waals surface area contributed by atoms with Crippen molar-refractivity contribution in [2.24, 2.45) is 11.3 Å². The lowest BCUT2D eigenvalue weighted by Gasteiger charge is -2.24. The molecule has 2 fully saturated rings. The zero-order valence-electron chi connectivity index (χ0n) is 14.0. The summed E-state index contributed by atoms with van der Waals surface area (Å²) in [6, 6.07) is 14.3. The van der Waals surface area contributed by atoms with Gasteiger partial charge in [0.2, 0.25) is 0 Å². The van der Waals surface area contributed by atoms with Crippen molar-refractivity contribution in [1.29, 1.82) is 0 Å². The van der Waals surface area contributed by atoms with Gasteiger partial charge in [-0.25, -0.2) is 0 Å². The van der Waals surface area contributed by atoms with Crippen LogP contribution < -0.4 is 0 Å². The van der Waals surface area contributed by atoms with Crippen molar-refractivity contribution in [2.45, 2.75) is 25.4 Å². The second-order valence-corrected chi connectivity index (χ2v) is 8.77. The van der Waals surface area contributed by atoms with Crippen molar-refractivity contribution in [3.8, 4) is 0 Å². The monoisotopic (exact) mass is 360 g/mol. The van der Waals surface area contributed by atoms with Crippen molar-refractivity contribution in [2.75, 3.05) is 12.9 Å². The van der Waals surface area contributed by atoms with Crippen LogP contribution in [0.5, 0.6) is 0 Å². The molecule has 6 heteroatoms. The molecule has 1 heterocycles. The summed E-state index contributed by atoms with van der Waals surface area (Å²) < 4.78 is 33.4. The molecule has 2 aliphatic rings. The van der Waals surface area contributed by atoms with E-state index in [4.69, 9.17) is 8.92 Å². The highest BCUT2D eigenvalue weighted by Gasteiger charge is 2.58. The normalized spacial score (nSPS) is 28.9. The molecule has 4 rings (SSSR count). The average Bonchev–Trinajstić information content (AvgIpc) is 3.02. The van der Waals surface area contributed by atoms with Crippen molar-refractivity contribution in [3.05, 3.63) is 48.0 Å².